The fraction of sp³-hybridized carbons (Fsp3) is 0.529. The third-order valence-electron chi connectivity index (χ3n) is 3.15. The maximum atomic E-state index is 11.8. The highest BCUT2D eigenvalue weighted by Gasteiger charge is 2.14. The van der Waals surface area contributed by atoms with Crippen molar-refractivity contribution in [3.05, 3.63) is 29.3 Å². The Hall–Kier alpha value is -1.92. The number of aliphatic hydroxyl groups excluding tert-OH is 1. The molecule has 1 aromatic carbocycles. The van der Waals surface area contributed by atoms with Gasteiger partial charge in [0.05, 0.1) is 5.56 Å². The van der Waals surface area contributed by atoms with E-state index in [2.05, 4.69) is 10.6 Å². The summed E-state index contributed by atoms with van der Waals surface area (Å²) in [6.07, 6.45) is -0.680. The van der Waals surface area contributed by atoms with Crippen LogP contribution in [-0.4, -0.2) is 48.6 Å². The molecule has 0 saturated heterocycles. The third kappa shape index (κ3) is 6.38. The summed E-state index contributed by atoms with van der Waals surface area (Å²) in [5, 5.41) is 15.7. The maximum Gasteiger partial charge on any atom is 0.251 e. The number of rotatable bonds is 9. The van der Waals surface area contributed by atoms with Gasteiger partial charge in [0, 0.05) is 24.7 Å². The van der Waals surface area contributed by atoms with Crippen LogP contribution in [0.2, 0.25) is 0 Å². The van der Waals surface area contributed by atoms with Crippen LogP contribution in [0.15, 0.2) is 18.2 Å². The summed E-state index contributed by atoms with van der Waals surface area (Å²) in [6, 6.07) is 4.98. The summed E-state index contributed by atoms with van der Waals surface area (Å²) < 4.78 is 5.54. The Morgan fingerprint density at radius 1 is 1.30 bits per heavy atom. The zero-order valence-corrected chi connectivity index (χ0v) is 14.2. The average Bonchev–Trinajstić information content (AvgIpc) is 2.50. The molecule has 3 N–H and O–H groups in total. The number of ether oxygens (including phenoxy) is 1. The molecular formula is C17H26N2O4. The van der Waals surface area contributed by atoms with Gasteiger partial charge in [0.1, 0.15) is 18.5 Å². The minimum Gasteiger partial charge on any atom is -0.490 e. The molecule has 0 aliphatic carbocycles. The van der Waals surface area contributed by atoms with Gasteiger partial charge in [-0.2, -0.15) is 0 Å². The number of aliphatic hydroxyl groups is 1. The number of Topliss-reactive ketones (excluding diaryl/α,β-unsaturated/α-hetero) is 1. The molecular weight excluding hydrogens is 296 g/mol. The van der Waals surface area contributed by atoms with Crippen molar-refractivity contribution < 1.29 is 19.4 Å². The van der Waals surface area contributed by atoms with Crippen molar-refractivity contribution in [3.63, 3.8) is 0 Å². The highest BCUT2D eigenvalue weighted by Crippen LogP contribution is 2.21. The van der Waals surface area contributed by atoms with Crippen molar-refractivity contribution >= 4 is 11.7 Å². The molecule has 128 valence electrons. The zero-order valence-electron chi connectivity index (χ0n) is 14.2. The average molecular weight is 322 g/mol. The van der Waals surface area contributed by atoms with Crippen molar-refractivity contribution in [1.29, 1.82) is 0 Å². The van der Waals surface area contributed by atoms with Crippen LogP contribution < -0.4 is 15.4 Å². The summed E-state index contributed by atoms with van der Waals surface area (Å²) in [7, 11) is 0. The summed E-state index contributed by atoms with van der Waals surface area (Å²) in [6.45, 7) is 8.21. The Bertz CT molecular complexity index is 543. The normalized spacial score (nSPS) is 12.1. The standard InChI is InChI=1S/C17H26N2O4/c1-5-18-17(22)13-6-7-16(15(8-13)12(4)20)23-10-14(21)9-19-11(2)3/h6-8,11,14,19,21H,5,9-10H2,1-4H3,(H,18,22). The molecule has 1 aromatic rings. The molecule has 0 heterocycles. The van der Waals surface area contributed by atoms with E-state index in [0.29, 0.717) is 30.0 Å². The van der Waals surface area contributed by atoms with Gasteiger partial charge in [-0.25, -0.2) is 0 Å². The molecule has 23 heavy (non-hydrogen) atoms. The predicted octanol–water partition coefficient (Wildman–Crippen LogP) is 1.38. The molecule has 0 aromatic heterocycles. The number of amides is 1. The van der Waals surface area contributed by atoms with Gasteiger partial charge >= 0.3 is 0 Å². The lowest BCUT2D eigenvalue weighted by Gasteiger charge is -2.16. The van der Waals surface area contributed by atoms with E-state index in [4.69, 9.17) is 4.74 Å². The number of carbonyl (C=O) groups excluding carboxylic acids is 2. The maximum absolute atomic E-state index is 11.8. The summed E-state index contributed by atoms with van der Waals surface area (Å²) in [5.74, 6) is -0.0576. The van der Waals surface area contributed by atoms with Gasteiger partial charge in [0.15, 0.2) is 5.78 Å². The molecule has 0 saturated carbocycles. The Morgan fingerprint density at radius 3 is 2.57 bits per heavy atom. The number of benzene rings is 1. The highest BCUT2D eigenvalue weighted by molar-refractivity contribution is 6.01. The van der Waals surface area contributed by atoms with Crippen LogP contribution in [-0.2, 0) is 0 Å². The van der Waals surface area contributed by atoms with Crippen molar-refractivity contribution in [2.45, 2.75) is 39.8 Å². The largest absolute Gasteiger partial charge is 0.490 e. The fourth-order valence-corrected chi connectivity index (χ4v) is 1.95. The summed E-state index contributed by atoms with van der Waals surface area (Å²) >= 11 is 0. The molecule has 1 unspecified atom stereocenters. The molecule has 0 fully saturated rings. The van der Waals surface area contributed by atoms with Gasteiger partial charge in [-0.3, -0.25) is 9.59 Å². The smallest absolute Gasteiger partial charge is 0.251 e. The minimum atomic E-state index is -0.680. The monoisotopic (exact) mass is 322 g/mol. The Morgan fingerprint density at radius 2 is 2.00 bits per heavy atom. The fourth-order valence-electron chi connectivity index (χ4n) is 1.95. The van der Waals surface area contributed by atoms with E-state index in [-0.39, 0.29) is 24.3 Å². The first kappa shape index (κ1) is 19.1. The van der Waals surface area contributed by atoms with Gasteiger partial charge in [0.2, 0.25) is 0 Å². The van der Waals surface area contributed by atoms with Gasteiger partial charge in [-0.15, -0.1) is 0 Å². The second-order valence-corrected chi connectivity index (χ2v) is 5.65. The number of ketones is 1. The molecule has 1 atom stereocenters. The molecule has 1 amide bonds. The number of nitrogens with one attached hydrogen (secondary N) is 2. The van der Waals surface area contributed by atoms with E-state index < -0.39 is 6.10 Å². The summed E-state index contributed by atoms with van der Waals surface area (Å²) in [4.78, 5) is 23.6. The van der Waals surface area contributed by atoms with Crippen LogP contribution in [0.5, 0.6) is 5.75 Å². The Balaban J connectivity index is 2.78. The lowest BCUT2D eigenvalue weighted by atomic mass is 10.1. The van der Waals surface area contributed by atoms with Gasteiger partial charge < -0.3 is 20.5 Å². The second kappa shape index (κ2) is 9.27. The Labute approximate surface area is 137 Å². The molecule has 0 bridgehead atoms. The second-order valence-electron chi connectivity index (χ2n) is 5.65. The molecule has 0 aliphatic rings. The number of carbonyl (C=O) groups is 2. The van der Waals surface area contributed by atoms with E-state index in [1.165, 1.54) is 13.0 Å². The lowest BCUT2D eigenvalue weighted by Crippen LogP contribution is -2.35. The molecule has 1 rings (SSSR count). The van der Waals surface area contributed by atoms with Crippen molar-refractivity contribution in [1.82, 2.24) is 10.6 Å². The molecule has 6 heteroatoms. The Kier molecular flexibility index (Phi) is 7.71. The van der Waals surface area contributed by atoms with Crippen LogP contribution >= 0.6 is 0 Å². The SMILES string of the molecule is CCNC(=O)c1ccc(OCC(O)CNC(C)C)c(C(C)=O)c1. The van der Waals surface area contributed by atoms with E-state index in [9.17, 15) is 14.7 Å². The van der Waals surface area contributed by atoms with Crippen LogP contribution in [0, 0.1) is 0 Å². The zero-order chi connectivity index (χ0) is 17.4. The van der Waals surface area contributed by atoms with E-state index in [0.717, 1.165) is 0 Å². The van der Waals surface area contributed by atoms with E-state index in [1.807, 2.05) is 20.8 Å². The highest BCUT2D eigenvalue weighted by atomic mass is 16.5. The topological polar surface area (TPSA) is 87.7 Å². The lowest BCUT2D eigenvalue weighted by molar-refractivity contribution is 0.0953. The molecule has 6 nitrogen and oxygen atoms in total. The first-order valence-electron chi connectivity index (χ1n) is 7.82. The van der Waals surface area contributed by atoms with Crippen molar-refractivity contribution in [3.8, 4) is 5.75 Å². The molecule has 0 radical (unpaired) electrons. The molecule has 0 aliphatic heterocycles. The van der Waals surface area contributed by atoms with Crippen LogP contribution in [0.4, 0.5) is 0 Å². The third-order valence-corrected chi connectivity index (χ3v) is 3.15. The van der Waals surface area contributed by atoms with Gasteiger partial charge in [-0.1, -0.05) is 13.8 Å². The number of hydrogen-bond acceptors (Lipinski definition) is 5. The van der Waals surface area contributed by atoms with E-state index in [1.54, 1.807) is 12.1 Å². The minimum absolute atomic E-state index is 0.0699. The van der Waals surface area contributed by atoms with Crippen molar-refractivity contribution in [2.24, 2.45) is 0 Å². The first-order valence-corrected chi connectivity index (χ1v) is 7.82. The quantitative estimate of drug-likeness (QED) is 0.598. The van der Waals surface area contributed by atoms with E-state index >= 15 is 0 Å². The van der Waals surface area contributed by atoms with Gasteiger partial charge in [-0.05, 0) is 32.0 Å². The number of hydrogen-bond donors (Lipinski definition) is 3. The predicted molar refractivity (Wildman–Crippen MR) is 89.1 cm³/mol. The van der Waals surface area contributed by atoms with Crippen LogP contribution in [0.3, 0.4) is 0 Å². The van der Waals surface area contributed by atoms with Gasteiger partial charge in [0.25, 0.3) is 5.91 Å². The summed E-state index contributed by atoms with van der Waals surface area (Å²) in [5.41, 5.74) is 0.740. The van der Waals surface area contributed by atoms with Crippen LogP contribution in [0.25, 0.3) is 0 Å². The first-order chi connectivity index (χ1) is 10.8. The molecule has 0 spiro atoms. The van der Waals surface area contributed by atoms with Crippen LogP contribution in [0.1, 0.15) is 48.4 Å². The van der Waals surface area contributed by atoms with Crippen molar-refractivity contribution in [2.75, 3.05) is 19.7 Å².